The lowest BCUT2D eigenvalue weighted by Crippen LogP contribution is -2.49. The van der Waals surface area contributed by atoms with E-state index in [0.29, 0.717) is 10.7 Å². The third kappa shape index (κ3) is 4.79. The largest absolute Gasteiger partial charge is 0.465 e. The Hall–Kier alpha value is -1.97. The van der Waals surface area contributed by atoms with Crippen molar-refractivity contribution >= 4 is 39.6 Å². The number of esters is 1. The Kier molecular flexibility index (Phi) is 6.92. The molecule has 0 unspecified atom stereocenters. The maximum absolute atomic E-state index is 12.2. The lowest BCUT2D eigenvalue weighted by molar-refractivity contribution is 0.0601. The first kappa shape index (κ1) is 21.7. The molecule has 158 valence electrons. The van der Waals surface area contributed by atoms with Crippen molar-refractivity contribution in [2.45, 2.75) is 40.8 Å². The molecule has 1 aliphatic rings. The number of thiophene rings is 1. The van der Waals surface area contributed by atoms with Gasteiger partial charge in [-0.15, -0.1) is 11.3 Å². The van der Waals surface area contributed by atoms with Crippen molar-refractivity contribution in [2.24, 2.45) is 0 Å². The minimum Gasteiger partial charge on any atom is -0.465 e. The van der Waals surface area contributed by atoms with Crippen LogP contribution < -0.4 is 5.32 Å². The van der Waals surface area contributed by atoms with Gasteiger partial charge in [0.1, 0.15) is 5.00 Å². The number of aromatic nitrogens is 2. The van der Waals surface area contributed by atoms with Crippen molar-refractivity contribution in [3.8, 4) is 0 Å². The Morgan fingerprint density at radius 1 is 1.28 bits per heavy atom. The summed E-state index contributed by atoms with van der Waals surface area (Å²) in [5.74, 6) is -0.329. The third-order valence-corrected chi connectivity index (χ3v) is 6.90. The molecule has 0 bridgehead atoms. The van der Waals surface area contributed by atoms with Crippen LogP contribution in [0.1, 0.15) is 39.0 Å². The normalized spacial score (nSPS) is 14.9. The summed E-state index contributed by atoms with van der Waals surface area (Å²) in [4.78, 5) is 17.9. The van der Waals surface area contributed by atoms with Crippen LogP contribution in [-0.2, 0) is 17.8 Å². The molecule has 1 aliphatic heterocycles. The van der Waals surface area contributed by atoms with E-state index in [-0.39, 0.29) is 5.97 Å². The van der Waals surface area contributed by atoms with Crippen LogP contribution in [0.15, 0.2) is 6.20 Å². The van der Waals surface area contributed by atoms with E-state index in [1.54, 1.807) is 0 Å². The molecule has 3 heterocycles. The summed E-state index contributed by atoms with van der Waals surface area (Å²) in [5.41, 5.74) is 3.91. The van der Waals surface area contributed by atoms with Crippen molar-refractivity contribution in [3.05, 3.63) is 33.5 Å². The SMILES string of the molecule is CCn1cc(CN2CCN(C(=S)Nc3sc(C)c(C)c3C(=O)OC)CC2)c(C)n1. The van der Waals surface area contributed by atoms with Crippen molar-refractivity contribution in [1.82, 2.24) is 19.6 Å². The molecule has 2 aromatic rings. The number of carbonyl (C=O) groups is 1. The van der Waals surface area contributed by atoms with E-state index < -0.39 is 0 Å². The Morgan fingerprint density at radius 3 is 2.55 bits per heavy atom. The Morgan fingerprint density at radius 2 is 1.97 bits per heavy atom. The van der Waals surface area contributed by atoms with Gasteiger partial charge >= 0.3 is 5.97 Å². The van der Waals surface area contributed by atoms with E-state index in [2.05, 4.69) is 40.3 Å². The quantitative estimate of drug-likeness (QED) is 0.572. The van der Waals surface area contributed by atoms with Crippen LogP contribution >= 0.6 is 23.6 Å². The van der Waals surface area contributed by atoms with Crippen molar-refractivity contribution in [3.63, 3.8) is 0 Å². The maximum Gasteiger partial charge on any atom is 0.341 e. The highest BCUT2D eigenvalue weighted by atomic mass is 32.1. The predicted molar refractivity (Wildman–Crippen MR) is 121 cm³/mol. The van der Waals surface area contributed by atoms with Gasteiger partial charge in [-0.05, 0) is 45.5 Å². The molecule has 0 aliphatic carbocycles. The highest BCUT2D eigenvalue weighted by Gasteiger charge is 2.24. The summed E-state index contributed by atoms with van der Waals surface area (Å²) in [5, 5.41) is 9.24. The smallest absolute Gasteiger partial charge is 0.341 e. The van der Waals surface area contributed by atoms with Gasteiger partial charge in [0.2, 0.25) is 0 Å². The van der Waals surface area contributed by atoms with E-state index in [9.17, 15) is 4.79 Å². The minimum absolute atomic E-state index is 0.329. The van der Waals surface area contributed by atoms with Crippen LogP contribution in [0.5, 0.6) is 0 Å². The van der Waals surface area contributed by atoms with Crippen molar-refractivity contribution in [1.29, 1.82) is 0 Å². The highest BCUT2D eigenvalue weighted by Crippen LogP contribution is 2.33. The van der Waals surface area contributed by atoms with Crippen LogP contribution in [0.3, 0.4) is 0 Å². The average Bonchev–Trinajstić information content (AvgIpc) is 3.20. The molecular weight excluding hydrogens is 406 g/mol. The van der Waals surface area contributed by atoms with Gasteiger partial charge in [0.05, 0.1) is 18.4 Å². The number of piperazine rings is 1. The van der Waals surface area contributed by atoms with Crippen LogP contribution in [0.2, 0.25) is 0 Å². The molecular formula is C20H29N5O2S2. The number of aryl methyl sites for hydroxylation is 3. The Labute approximate surface area is 181 Å². The van der Waals surface area contributed by atoms with Gasteiger partial charge in [-0.25, -0.2) is 4.79 Å². The molecule has 0 amide bonds. The van der Waals surface area contributed by atoms with Gasteiger partial charge in [0.25, 0.3) is 0 Å². The van der Waals surface area contributed by atoms with Crippen LogP contribution in [0, 0.1) is 20.8 Å². The molecule has 2 aromatic heterocycles. The summed E-state index contributed by atoms with van der Waals surface area (Å²) in [7, 11) is 1.40. The summed E-state index contributed by atoms with van der Waals surface area (Å²) in [6.45, 7) is 13.5. The zero-order valence-corrected chi connectivity index (χ0v) is 19.4. The monoisotopic (exact) mass is 435 g/mol. The number of thiocarbonyl (C=S) groups is 1. The van der Waals surface area contributed by atoms with E-state index in [0.717, 1.165) is 60.4 Å². The summed E-state index contributed by atoms with van der Waals surface area (Å²) >= 11 is 7.18. The van der Waals surface area contributed by atoms with Gasteiger partial charge in [-0.2, -0.15) is 5.10 Å². The van der Waals surface area contributed by atoms with Gasteiger partial charge in [0, 0.05) is 55.9 Å². The third-order valence-electron chi connectivity index (χ3n) is 5.42. The van der Waals surface area contributed by atoms with Gasteiger partial charge in [-0.3, -0.25) is 9.58 Å². The first-order valence-corrected chi connectivity index (χ1v) is 11.1. The van der Waals surface area contributed by atoms with Crippen LogP contribution in [-0.4, -0.2) is 64.0 Å². The Bertz CT molecular complexity index is 897. The summed E-state index contributed by atoms with van der Waals surface area (Å²) < 4.78 is 6.94. The zero-order chi connectivity index (χ0) is 21.1. The second kappa shape index (κ2) is 9.23. The molecule has 1 N–H and O–H groups in total. The van der Waals surface area contributed by atoms with Gasteiger partial charge in [-0.1, -0.05) is 0 Å². The van der Waals surface area contributed by atoms with E-state index in [4.69, 9.17) is 17.0 Å². The number of hydrogen-bond donors (Lipinski definition) is 1. The van der Waals surface area contributed by atoms with Crippen LogP contribution in [0.25, 0.3) is 0 Å². The standard InChI is InChI=1S/C20H29N5O2S2/c1-6-25-12-16(14(3)22-25)11-23-7-9-24(10-8-23)20(28)21-18-17(19(26)27-5)13(2)15(4)29-18/h12H,6-11H2,1-5H3,(H,21,28). The first-order valence-electron chi connectivity index (χ1n) is 9.83. The number of ether oxygens (including phenoxy) is 1. The fraction of sp³-hybridized carbons (Fsp3) is 0.550. The number of hydrogen-bond acceptors (Lipinski definition) is 6. The number of rotatable bonds is 5. The zero-order valence-electron chi connectivity index (χ0n) is 17.7. The summed E-state index contributed by atoms with van der Waals surface area (Å²) in [6.07, 6.45) is 2.14. The van der Waals surface area contributed by atoms with E-state index in [1.807, 2.05) is 18.5 Å². The number of nitrogens with one attached hydrogen (secondary N) is 1. The van der Waals surface area contributed by atoms with Gasteiger partial charge in [0.15, 0.2) is 5.11 Å². The van der Waals surface area contributed by atoms with Crippen LogP contribution in [0.4, 0.5) is 5.00 Å². The molecule has 0 saturated carbocycles. The molecule has 3 rings (SSSR count). The molecule has 1 fully saturated rings. The molecule has 0 aromatic carbocycles. The molecule has 29 heavy (non-hydrogen) atoms. The molecule has 7 nitrogen and oxygen atoms in total. The summed E-state index contributed by atoms with van der Waals surface area (Å²) in [6, 6.07) is 0. The molecule has 1 saturated heterocycles. The second-order valence-electron chi connectivity index (χ2n) is 7.27. The fourth-order valence-electron chi connectivity index (χ4n) is 3.47. The minimum atomic E-state index is -0.329. The predicted octanol–water partition coefficient (Wildman–Crippen LogP) is 3.19. The maximum atomic E-state index is 12.2. The van der Waals surface area contributed by atoms with E-state index in [1.165, 1.54) is 24.0 Å². The van der Waals surface area contributed by atoms with Crippen molar-refractivity contribution < 1.29 is 9.53 Å². The lowest BCUT2D eigenvalue weighted by atomic mass is 10.1. The molecule has 0 atom stereocenters. The highest BCUT2D eigenvalue weighted by molar-refractivity contribution is 7.80. The Balaban J connectivity index is 1.59. The average molecular weight is 436 g/mol. The molecule has 0 spiro atoms. The number of carbonyl (C=O) groups excluding carboxylic acids is 1. The van der Waals surface area contributed by atoms with Crippen molar-refractivity contribution in [2.75, 3.05) is 38.6 Å². The first-order chi connectivity index (χ1) is 13.8. The fourth-order valence-corrected chi connectivity index (χ4v) is 4.86. The van der Waals surface area contributed by atoms with Gasteiger partial charge < -0.3 is 15.0 Å². The molecule has 0 radical (unpaired) electrons. The number of anilines is 1. The number of methoxy groups -OCH3 is 1. The molecule has 9 heteroatoms. The van der Waals surface area contributed by atoms with E-state index >= 15 is 0 Å². The lowest BCUT2D eigenvalue weighted by Gasteiger charge is -2.36. The number of nitrogens with zero attached hydrogens (tertiary/aromatic N) is 4. The second-order valence-corrected chi connectivity index (χ2v) is 8.88. The topological polar surface area (TPSA) is 62.6 Å².